The van der Waals surface area contributed by atoms with Crippen molar-refractivity contribution in [3.05, 3.63) is 46.0 Å². The number of nitrogens with zero attached hydrogens (tertiary/aromatic N) is 2. The first kappa shape index (κ1) is 14.9. The maximum Gasteiger partial charge on any atom is 0.125 e. The number of hydrogen-bond donors (Lipinski definition) is 1. The molecule has 2 aromatic rings. The van der Waals surface area contributed by atoms with E-state index in [1.54, 1.807) is 6.07 Å². The smallest absolute Gasteiger partial charge is 0.125 e. The highest BCUT2D eigenvalue weighted by Gasteiger charge is 2.17. The molecule has 0 saturated carbocycles. The summed E-state index contributed by atoms with van der Waals surface area (Å²) < 4.78 is 15.3. The summed E-state index contributed by atoms with van der Waals surface area (Å²) in [5.41, 5.74) is 3.84. The second-order valence-corrected chi connectivity index (χ2v) is 5.30. The van der Waals surface area contributed by atoms with Gasteiger partial charge >= 0.3 is 0 Å². The van der Waals surface area contributed by atoms with Crippen molar-refractivity contribution in [3.8, 4) is 0 Å². The fraction of sp³-hybridized carbons (Fsp3) is 0.400. The van der Waals surface area contributed by atoms with Gasteiger partial charge in [-0.3, -0.25) is 4.68 Å². The molecule has 0 amide bonds. The van der Waals surface area contributed by atoms with E-state index in [1.165, 1.54) is 12.1 Å². The van der Waals surface area contributed by atoms with Crippen LogP contribution in [-0.2, 0) is 6.54 Å². The van der Waals surface area contributed by atoms with E-state index in [0.29, 0.717) is 10.7 Å². The van der Waals surface area contributed by atoms with E-state index in [0.717, 1.165) is 23.5 Å². The number of aryl methyl sites for hydroxylation is 2. The Morgan fingerprint density at radius 3 is 2.70 bits per heavy atom. The van der Waals surface area contributed by atoms with Crippen LogP contribution in [0.15, 0.2) is 18.2 Å². The third-order valence-corrected chi connectivity index (χ3v) is 3.80. The van der Waals surface area contributed by atoms with Crippen molar-refractivity contribution in [2.45, 2.75) is 40.3 Å². The van der Waals surface area contributed by atoms with Crippen LogP contribution in [0.3, 0.4) is 0 Å². The average Bonchev–Trinajstić information content (AvgIpc) is 2.68. The molecule has 1 N–H and O–H groups in total. The zero-order valence-corrected chi connectivity index (χ0v) is 12.9. The predicted octanol–water partition coefficient (Wildman–Crippen LogP) is 4.49. The molecule has 108 valence electrons. The molecule has 1 aromatic carbocycles. The van der Waals surface area contributed by atoms with Crippen LogP contribution in [0.5, 0.6) is 0 Å². The molecule has 1 unspecified atom stereocenters. The second-order valence-electron chi connectivity index (χ2n) is 4.89. The molecule has 1 aromatic heterocycles. The van der Waals surface area contributed by atoms with Crippen LogP contribution in [-0.4, -0.2) is 9.78 Å². The van der Waals surface area contributed by atoms with Gasteiger partial charge in [-0.05, 0) is 45.9 Å². The van der Waals surface area contributed by atoms with E-state index in [1.807, 2.05) is 25.5 Å². The van der Waals surface area contributed by atoms with Gasteiger partial charge in [-0.2, -0.15) is 5.10 Å². The second kappa shape index (κ2) is 5.83. The van der Waals surface area contributed by atoms with Gasteiger partial charge in [0.05, 0.1) is 22.4 Å². The van der Waals surface area contributed by atoms with E-state index in [9.17, 15) is 4.39 Å². The molecule has 0 spiro atoms. The summed E-state index contributed by atoms with van der Waals surface area (Å²) in [4.78, 5) is 0. The lowest BCUT2D eigenvalue weighted by atomic mass is 10.1. The van der Waals surface area contributed by atoms with Crippen molar-refractivity contribution in [1.29, 1.82) is 0 Å². The van der Waals surface area contributed by atoms with Gasteiger partial charge in [0.15, 0.2) is 0 Å². The Morgan fingerprint density at radius 2 is 2.10 bits per heavy atom. The van der Waals surface area contributed by atoms with Crippen molar-refractivity contribution in [3.63, 3.8) is 0 Å². The van der Waals surface area contributed by atoms with Crippen LogP contribution in [0.2, 0.25) is 5.02 Å². The number of benzene rings is 1. The molecule has 0 aliphatic heterocycles. The first-order valence-electron chi connectivity index (χ1n) is 6.69. The standard InChI is InChI=1S/C15H19ClFN3/c1-5-20-11(4)15(10(3)19-20)9(2)18-14-8-12(17)6-7-13(14)16/h6-9,18H,5H2,1-4H3. The van der Waals surface area contributed by atoms with E-state index >= 15 is 0 Å². The van der Waals surface area contributed by atoms with Gasteiger partial charge in [0.1, 0.15) is 5.82 Å². The summed E-state index contributed by atoms with van der Waals surface area (Å²) in [6.07, 6.45) is 0. The SMILES string of the molecule is CCn1nc(C)c(C(C)Nc2cc(F)ccc2Cl)c1C. The monoisotopic (exact) mass is 295 g/mol. The molecule has 0 aliphatic rings. The van der Waals surface area contributed by atoms with E-state index < -0.39 is 0 Å². The summed E-state index contributed by atoms with van der Waals surface area (Å²) >= 11 is 6.09. The zero-order valence-electron chi connectivity index (χ0n) is 12.2. The van der Waals surface area contributed by atoms with E-state index in [4.69, 9.17) is 11.6 Å². The van der Waals surface area contributed by atoms with Gasteiger partial charge in [0.25, 0.3) is 0 Å². The van der Waals surface area contributed by atoms with Gasteiger partial charge in [0.2, 0.25) is 0 Å². The van der Waals surface area contributed by atoms with Gasteiger partial charge in [0, 0.05) is 17.8 Å². The molecule has 20 heavy (non-hydrogen) atoms. The molecule has 5 heteroatoms. The maximum atomic E-state index is 13.3. The molecule has 0 saturated heterocycles. The van der Waals surface area contributed by atoms with Crippen LogP contribution >= 0.6 is 11.6 Å². The molecule has 2 rings (SSSR count). The first-order valence-corrected chi connectivity index (χ1v) is 7.07. The highest BCUT2D eigenvalue weighted by Crippen LogP contribution is 2.29. The number of anilines is 1. The Morgan fingerprint density at radius 1 is 1.40 bits per heavy atom. The summed E-state index contributed by atoms with van der Waals surface area (Å²) in [6, 6.07) is 4.33. The number of rotatable bonds is 4. The van der Waals surface area contributed by atoms with Crippen LogP contribution in [0.25, 0.3) is 0 Å². The highest BCUT2D eigenvalue weighted by molar-refractivity contribution is 6.33. The van der Waals surface area contributed by atoms with Gasteiger partial charge < -0.3 is 5.32 Å². The fourth-order valence-corrected chi connectivity index (χ4v) is 2.73. The van der Waals surface area contributed by atoms with E-state index in [2.05, 4.69) is 17.3 Å². The van der Waals surface area contributed by atoms with Crippen LogP contribution in [0.4, 0.5) is 10.1 Å². The normalized spacial score (nSPS) is 12.5. The molecule has 0 bridgehead atoms. The molecule has 1 heterocycles. The zero-order chi connectivity index (χ0) is 14.9. The first-order chi connectivity index (χ1) is 9.43. The number of hydrogen-bond acceptors (Lipinski definition) is 2. The number of aromatic nitrogens is 2. The lowest BCUT2D eigenvalue weighted by Gasteiger charge is -2.17. The molecule has 0 radical (unpaired) electrons. The Hall–Kier alpha value is -1.55. The number of halogens is 2. The lowest BCUT2D eigenvalue weighted by molar-refractivity contribution is 0.627. The molecule has 3 nitrogen and oxygen atoms in total. The Bertz CT molecular complexity index is 622. The molecule has 1 atom stereocenters. The minimum absolute atomic E-state index is 0.00889. The number of nitrogens with one attached hydrogen (secondary N) is 1. The molecule has 0 aliphatic carbocycles. The third-order valence-electron chi connectivity index (χ3n) is 3.47. The summed E-state index contributed by atoms with van der Waals surface area (Å²) in [5, 5.41) is 8.27. The Labute approximate surface area is 123 Å². The van der Waals surface area contributed by atoms with Crippen molar-refractivity contribution in [2.75, 3.05) is 5.32 Å². The Balaban J connectivity index is 2.30. The van der Waals surface area contributed by atoms with Crippen LogP contribution in [0.1, 0.15) is 36.8 Å². The minimum atomic E-state index is -0.304. The average molecular weight is 296 g/mol. The van der Waals surface area contributed by atoms with E-state index in [-0.39, 0.29) is 11.9 Å². The summed E-state index contributed by atoms with van der Waals surface area (Å²) in [7, 11) is 0. The summed E-state index contributed by atoms with van der Waals surface area (Å²) in [6.45, 7) is 8.95. The van der Waals surface area contributed by atoms with Gasteiger partial charge in [-0.1, -0.05) is 11.6 Å². The quantitative estimate of drug-likeness (QED) is 0.901. The van der Waals surface area contributed by atoms with Gasteiger partial charge in [-0.25, -0.2) is 4.39 Å². The van der Waals surface area contributed by atoms with Crippen molar-refractivity contribution < 1.29 is 4.39 Å². The van der Waals surface area contributed by atoms with Gasteiger partial charge in [-0.15, -0.1) is 0 Å². The molecular formula is C15H19ClFN3. The van der Waals surface area contributed by atoms with Crippen molar-refractivity contribution in [1.82, 2.24) is 9.78 Å². The third kappa shape index (κ3) is 2.80. The fourth-order valence-electron chi connectivity index (χ4n) is 2.56. The maximum absolute atomic E-state index is 13.3. The minimum Gasteiger partial charge on any atom is -0.377 e. The highest BCUT2D eigenvalue weighted by atomic mass is 35.5. The lowest BCUT2D eigenvalue weighted by Crippen LogP contribution is -2.10. The summed E-state index contributed by atoms with van der Waals surface area (Å²) in [5.74, 6) is -0.304. The van der Waals surface area contributed by atoms with Crippen molar-refractivity contribution in [2.24, 2.45) is 0 Å². The van der Waals surface area contributed by atoms with Crippen LogP contribution < -0.4 is 5.32 Å². The largest absolute Gasteiger partial charge is 0.377 e. The topological polar surface area (TPSA) is 29.9 Å². The molecular weight excluding hydrogens is 277 g/mol. The van der Waals surface area contributed by atoms with Crippen molar-refractivity contribution >= 4 is 17.3 Å². The Kier molecular flexibility index (Phi) is 4.33. The molecule has 0 fully saturated rings. The predicted molar refractivity (Wildman–Crippen MR) is 80.8 cm³/mol. The van der Waals surface area contributed by atoms with Crippen LogP contribution in [0, 0.1) is 19.7 Å².